The average molecular weight is 451 g/mol. The van der Waals surface area contributed by atoms with E-state index in [0.717, 1.165) is 44.9 Å². The molecular weight excluding hydrogens is 404 g/mol. The smallest absolute Gasteiger partial charge is 0.306 e. The van der Waals surface area contributed by atoms with Gasteiger partial charge in [0.1, 0.15) is 6.61 Å². The lowest BCUT2D eigenvalue weighted by Crippen LogP contribution is -2.17. The quantitative estimate of drug-likeness (QED) is 0.142. The third-order valence-corrected chi connectivity index (χ3v) is 5.50. The van der Waals surface area contributed by atoms with E-state index in [1.165, 1.54) is 16.7 Å². The van der Waals surface area contributed by atoms with Crippen LogP contribution in [-0.2, 0) is 23.7 Å². The van der Waals surface area contributed by atoms with Crippen LogP contribution in [0.1, 0.15) is 79.1 Å². The highest BCUT2D eigenvalue weighted by Gasteiger charge is 2.19. The Bertz CT molecular complexity index is 587. The zero-order valence-electron chi connectivity index (χ0n) is 21.0. The van der Waals surface area contributed by atoms with Gasteiger partial charge in [0, 0.05) is 13.0 Å². The molecule has 0 bridgehead atoms. The topological polar surface area (TPSA) is 54.0 Å². The highest BCUT2D eigenvalue weighted by molar-refractivity contribution is 5.69. The number of hydrogen-bond donors (Lipinski definition) is 0. The van der Waals surface area contributed by atoms with Crippen molar-refractivity contribution in [2.75, 3.05) is 46.2 Å². The first-order chi connectivity index (χ1) is 15.5. The van der Waals surface area contributed by atoms with Gasteiger partial charge in [-0.1, -0.05) is 34.9 Å². The molecule has 0 aliphatic heterocycles. The molecule has 0 saturated carbocycles. The van der Waals surface area contributed by atoms with Gasteiger partial charge in [-0.15, -0.1) is 0 Å². The van der Waals surface area contributed by atoms with Crippen molar-refractivity contribution in [3.63, 3.8) is 0 Å². The summed E-state index contributed by atoms with van der Waals surface area (Å²) in [5.41, 5.74) is 4.36. The van der Waals surface area contributed by atoms with Crippen molar-refractivity contribution < 1.29 is 23.7 Å². The normalized spacial score (nSPS) is 16.6. The van der Waals surface area contributed by atoms with E-state index in [9.17, 15) is 4.79 Å². The van der Waals surface area contributed by atoms with Crippen LogP contribution >= 0.6 is 0 Å². The van der Waals surface area contributed by atoms with Crippen LogP contribution in [0.3, 0.4) is 0 Å². The maximum absolute atomic E-state index is 12.2. The minimum atomic E-state index is -0.108. The fourth-order valence-corrected chi connectivity index (χ4v) is 3.75. The standard InChI is InChI=1S/C27H46O5/c1-5-29-15-16-30-17-18-31-19-20-32-27(28)22-26-14-8-13-25(21-26)12-7-11-24(4)10-6-9-23(2)3/h9,11,13,26H,5-8,10,12,14-22H2,1-4H3. The second kappa shape index (κ2) is 19.1. The van der Waals surface area contributed by atoms with E-state index in [0.29, 0.717) is 58.6 Å². The first kappa shape index (κ1) is 28.6. The number of esters is 1. The molecule has 5 nitrogen and oxygen atoms in total. The van der Waals surface area contributed by atoms with Gasteiger partial charge in [-0.2, -0.15) is 0 Å². The lowest BCUT2D eigenvalue weighted by Gasteiger charge is -2.22. The van der Waals surface area contributed by atoms with E-state index in [-0.39, 0.29) is 5.97 Å². The molecule has 0 fully saturated rings. The highest BCUT2D eigenvalue weighted by atomic mass is 16.6. The van der Waals surface area contributed by atoms with E-state index in [1.807, 2.05) is 6.92 Å². The van der Waals surface area contributed by atoms with Crippen LogP contribution in [0.15, 0.2) is 34.9 Å². The number of ether oxygens (including phenoxy) is 4. The maximum Gasteiger partial charge on any atom is 0.306 e. The van der Waals surface area contributed by atoms with Crippen LogP contribution in [0.25, 0.3) is 0 Å². The predicted octanol–water partition coefficient (Wildman–Crippen LogP) is 6.19. The molecular formula is C27H46O5. The Balaban J connectivity index is 2.09. The Morgan fingerprint density at radius 2 is 1.66 bits per heavy atom. The van der Waals surface area contributed by atoms with Gasteiger partial charge in [0.15, 0.2) is 0 Å². The lowest BCUT2D eigenvalue weighted by molar-refractivity contribution is -0.146. The van der Waals surface area contributed by atoms with E-state index in [1.54, 1.807) is 0 Å². The van der Waals surface area contributed by atoms with Gasteiger partial charge < -0.3 is 18.9 Å². The molecule has 0 N–H and O–H groups in total. The van der Waals surface area contributed by atoms with Gasteiger partial charge in [0.2, 0.25) is 0 Å². The minimum absolute atomic E-state index is 0.108. The van der Waals surface area contributed by atoms with Gasteiger partial charge in [0.05, 0.1) is 33.0 Å². The van der Waals surface area contributed by atoms with Gasteiger partial charge in [-0.3, -0.25) is 4.79 Å². The predicted molar refractivity (Wildman–Crippen MR) is 131 cm³/mol. The van der Waals surface area contributed by atoms with Crippen LogP contribution in [0, 0.1) is 5.92 Å². The molecule has 0 spiro atoms. The number of allylic oxidation sites excluding steroid dienone is 6. The van der Waals surface area contributed by atoms with Crippen molar-refractivity contribution in [3.8, 4) is 0 Å². The molecule has 0 aromatic heterocycles. The average Bonchev–Trinajstić information content (AvgIpc) is 2.75. The zero-order valence-corrected chi connectivity index (χ0v) is 21.0. The second-order valence-electron chi connectivity index (χ2n) is 8.77. The molecule has 32 heavy (non-hydrogen) atoms. The summed E-state index contributed by atoms with van der Waals surface area (Å²) in [4.78, 5) is 12.2. The maximum atomic E-state index is 12.2. The van der Waals surface area contributed by atoms with Crippen LogP contribution in [0.5, 0.6) is 0 Å². The zero-order chi connectivity index (χ0) is 23.4. The molecule has 184 valence electrons. The number of hydrogen-bond acceptors (Lipinski definition) is 5. The van der Waals surface area contributed by atoms with E-state index < -0.39 is 0 Å². The van der Waals surface area contributed by atoms with Gasteiger partial charge in [-0.25, -0.2) is 0 Å². The summed E-state index contributed by atoms with van der Waals surface area (Å²) in [7, 11) is 0. The van der Waals surface area contributed by atoms with Gasteiger partial charge in [-0.05, 0) is 78.6 Å². The molecule has 1 aliphatic rings. The third kappa shape index (κ3) is 16.2. The van der Waals surface area contributed by atoms with Crippen molar-refractivity contribution >= 4 is 5.97 Å². The molecule has 1 rings (SSSR count). The number of carbonyl (C=O) groups is 1. The van der Waals surface area contributed by atoms with Crippen molar-refractivity contribution in [1.29, 1.82) is 0 Å². The molecule has 0 amide bonds. The fourth-order valence-electron chi connectivity index (χ4n) is 3.75. The summed E-state index contributed by atoms with van der Waals surface area (Å²) in [6.07, 6.45) is 15.2. The van der Waals surface area contributed by atoms with E-state index >= 15 is 0 Å². The molecule has 1 unspecified atom stereocenters. The lowest BCUT2D eigenvalue weighted by atomic mass is 9.85. The summed E-state index contributed by atoms with van der Waals surface area (Å²) in [6, 6.07) is 0. The van der Waals surface area contributed by atoms with Crippen molar-refractivity contribution in [2.24, 2.45) is 5.92 Å². The van der Waals surface area contributed by atoms with Crippen molar-refractivity contribution in [2.45, 2.75) is 79.1 Å². The third-order valence-electron chi connectivity index (χ3n) is 5.50. The van der Waals surface area contributed by atoms with Crippen LogP contribution < -0.4 is 0 Å². The molecule has 5 heteroatoms. The summed E-state index contributed by atoms with van der Waals surface area (Å²) in [5, 5.41) is 0. The fraction of sp³-hybridized carbons (Fsp3) is 0.741. The number of rotatable bonds is 18. The Morgan fingerprint density at radius 3 is 2.34 bits per heavy atom. The SMILES string of the molecule is CCOCCOCCOCCOC(=O)CC1CCC=C(CCC=C(C)CCC=C(C)C)C1. The first-order valence-electron chi connectivity index (χ1n) is 12.4. The van der Waals surface area contributed by atoms with Crippen LogP contribution in [0.4, 0.5) is 0 Å². The molecule has 0 saturated heterocycles. The van der Waals surface area contributed by atoms with E-state index in [4.69, 9.17) is 18.9 Å². The Labute approximate surface area is 196 Å². The van der Waals surface area contributed by atoms with Gasteiger partial charge in [0.25, 0.3) is 0 Å². The Morgan fingerprint density at radius 1 is 0.969 bits per heavy atom. The summed E-state index contributed by atoms with van der Waals surface area (Å²) >= 11 is 0. The van der Waals surface area contributed by atoms with Crippen molar-refractivity contribution in [1.82, 2.24) is 0 Å². The summed E-state index contributed by atoms with van der Waals surface area (Å²) in [5.74, 6) is 0.299. The summed E-state index contributed by atoms with van der Waals surface area (Å²) < 4.78 is 21.3. The molecule has 0 radical (unpaired) electrons. The highest BCUT2D eigenvalue weighted by Crippen LogP contribution is 2.29. The molecule has 0 aromatic rings. The minimum Gasteiger partial charge on any atom is -0.463 e. The van der Waals surface area contributed by atoms with Crippen LogP contribution in [-0.4, -0.2) is 52.2 Å². The van der Waals surface area contributed by atoms with Crippen molar-refractivity contribution in [3.05, 3.63) is 34.9 Å². The Hall–Kier alpha value is -1.43. The number of carbonyl (C=O) groups excluding carboxylic acids is 1. The summed E-state index contributed by atoms with van der Waals surface area (Å²) in [6.45, 7) is 12.1. The monoisotopic (exact) mass is 450 g/mol. The Kier molecular flexibility index (Phi) is 17.1. The van der Waals surface area contributed by atoms with Gasteiger partial charge >= 0.3 is 5.97 Å². The largest absolute Gasteiger partial charge is 0.463 e. The second-order valence-corrected chi connectivity index (χ2v) is 8.77. The molecule has 0 heterocycles. The van der Waals surface area contributed by atoms with E-state index in [2.05, 4.69) is 39.0 Å². The first-order valence-corrected chi connectivity index (χ1v) is 12.4. The molecule has 0 aromatic carbocycles. The molecule has 1 atom stereocenters. The molecule has 1 aliphatic carbocycles. The van der Waals surface area contributed by atoms with Crippen LogP contribution in [0.2, 0.25) is 0 Å².